The number of carbonyl (C=O) groups excluding carboxylic acids is 1. The van der Waals surface area contributed by atoms with E-state index in [1.165, 1.54) is 0 Å². The molecule has 3 rings (SSSR count). The SMILES string of the molecule is CCN(C(=O)C(C)(C)C)c1ccc(CON=Cc2c(C)nn(C)c2Oc2ccccc2)cc1. The smallest absolute Gasteiger partial charge is 0.232 e. The van der Waals surface area contributed by atoms with Gasteiger partial charge in [-0.25, -0.2) is 4.68 Å². The maximum Gasteiger partial charge on any atom is 0.232 e. The first-order valence-corrected chi connectivity index (χ1v) is 11.0. The van der Waals surface area contributed by atoms with Gasteiger partial charge in [0.15, 0.2) is 0 Å². The lowest BCUT2D eigenvalue weighted by atomic mass is 9.94. The lowest BCUT2D eigenvalue weighted by Crippen LogP contribution is -2.39. The molecule has 1 heterocycles. The Labute approximate surface area is 195 Å². The molecule has 7 nitrogen and oxygen atoms in total. The van der Waals surface area contributed by atoms with Gasteiger partial charge in [-0.3, -0.25) is 4.79 Å². The van der Waals surface area contributed by atoms with Gasteiger partial charge in [0.05, 0.1) is 17.5 Å². The van der Waals surface area contributed by atoms with E-state index in [1.54, 1.807) is 15.8 Å². The van der Waals surface area contributed by atoms with E-state index >= 15 is 0 Å². The molecule has 3 aromatic rings. The number of hydrogen-bond acceptors (Lipinski definition) is 5. The van der Waals surface area contributed by atoms with Crippen molar-refractivity contribution in [1.29, 1.82) is 0 Å². The van der Waals surface area contributed by atoms with Crippen molar-refractivity contribution in [2.75, 3.05) is 11.4 Å². The quantitative estimate of drug-likeness (QED) is 0.338. The molecule has 2 aromatic carbocycles. The highest BCUT2D eigenvalue weighted by molar-refractivity contribution is 5.96. The topological polar surface area (TPSA) is 69.0 Å². The summed E-state index contributed by atoms with van der Waals surface area (Å²) < 4.78 is 7.67. The lowest BCUT2D eigenvalue weighted by Gasteiger charge is -2.28. The molecule has 0 aliphatic carbocycles. The summed E-state index contributed by atoms with van der Waals surface area (Å²) in [6.07, 6.45) is 1.62. The van der Waals surface area contributed by atoms with Crippen LogP contribution < -0.4 is 9.64 Å². The van der Waals surface area contributed by atoms with E-state index in [0.29, 0.717) is 19.0 Å². The summed E-state index contributed by atoms with van der Waals surface area (Å²) in [6.45, 7) is 10.6. The predicted molar refractivity (Wildman–Crippen MR) is 131 cm³/mol. The summed E-state index contributed by atoms with van der Waals surface area (Å²) in [5.74, 6) is 1.42. The highest BCUT2D eigenvalue weighted by atomic mass is 16.6. The summed E-state index contributed by atoms with van der Waals surface area (Å²) in [6, 6.07) is 17.3. The van der Waals surface area contributed by atoms with Gasteiger partial charge in [0.2, 0.25) is 11.8 Å². The average Bonchev–Trinajstić information content (AvgIpc) is 3.05. The van der Waals surface area contributed by atoms with Gasteiger partial charge in [0, 0.05) is 24.7 Å². The molecule has 0 bridgehead atoms. The number of hydrogen-bond donors (Lipinski definition) is 0. The zero-order chi connectivity index (χ0) is 24.0. The molecule has 0 saturated carbocycles. The second-order valence-corrected chi connectivity index (χ2v) is 8.82. The van der Waals surface area contributed by atoms with Gasteiger partial charge in [0.1, 0.15) is 12.4 Å². The van der Waals surface area contributed by atoms with Crippen molar-refractivity contribution in [3.63, 3.8) is 0 Å². The molecule has 1 amide bonds. The van der Waals surface area contributed by atoms with E-state index in [1.807, 2.05) is 96.3 Å². The van der Waals surface area contributed by atoms with Gasteiger partial charge in [-0.1, -0.05) is 56.3 Å². The number of rotatable bonds is 8. The van der Waals surface area contributed by atoms with Crippen LogP contribution in [0.2, 0.25) is 0 Å². The monoisotopic (exact) mass is 448 g/mol. The largest absolute Gasteiger partial charge is 0.439 e. The van der Waals surface area contributed by atoms with Crippen LogP contribution in [0.5, 0.6) is 11.6 Å². The van der Waals surface area contributed by atoms with Crippen LogP contribution >= 0.6 is 0 Å². The van der Waals surface area contributed by atoms with Gasteiger partial charge < -0.3 is 14.5 Å². The number of benzene rings is 2. The van der Waals surface area contributed by atoms with Crippen LogP contribution in [0, 0.1) is 12.3 Å². The van der Waals surface area contributed by atoms with Crippen LogP contribution in [0.4, 0.5) is 5.69 Å². The molecule has 33 heavy (non-hydrogen) atoms. The maximum absolute atomic E-state index is 12.7. The first-order chi connectivity index (χ1) is 15.7. The highest BCUT2D eigenvalue weighted by Crippen LogP contribution is 2.26. The minimum Gasteiger partial charge on any atom is -0.439 e. The van der Waals surface area contributed by atoms with Crippen LogP contribution in [-0.4, -0.2) is 28.4 Å². The number of ether oxygens (including phenoxy) is 1. The Hall–Kier alpha value is -3.61. The molecule has 0 aliphatic heterocycles. The Balaban J connectivity index is 1.64. The van der Waals surface area contributed by atoms with Crippen molar-refractivity contribution in [2.24, 2.45) is 17.6 Å². The fourth-order valence-corrected chi connectivity index (χ4v) is 3.35. The average molecular weight is 449 g/mol. The highest BCUT2D eigenvalue weighted by Gasteiger charge is 2.27. The van der Waals surface area contributed by atoms with Gasteiger partial charge in [0.25, 0.3) is 0 Å². The third-order valence-electron chi connectivity index (χ3n) is 5.11. The first-order valence-electron chi connectivity index (χ1n) is 11.0. The van der Waals surface area contributed by atoms with E-state index in [0.717, 1.165) is 28.3 Å². The number of carbonyl (C=O) groups is 1. The summed E-state index contributed by atoms with van der Waals surface area (Å²) in [5.41, 5.74) is 2.96. The second-order valence-electron chi connectivity index (χ2n) is 8.82. The van der Waals surface area contributed by atoms with Crippen molar-refractivity contribution in [1.82, 2.24) is 9.78 Å². The van der Waals surface area contributed by atoms with Crippen molar-refractivity contribution < 1.29 is 14.4 Å². The molecule has 0 saturated heterocycles. The van der Waals surface area contributed by atoms with Gasteiger partial charge in [-0.05, 0) is 43.7 Å². The number of aromatic nitrogens is 2. The van der Waals surface area contributed by atoms with E-state index < -0.39 is 5.41 Å². The molecule has 0 N–H and O–H groups in total. The third-order valence-corrected chi connectivity index (χ3v) is 5.11. The number of para-hydroxylation sites is 1. The van der Waals surface area contributed by atoms with E-state index in [2.05, 4.69) is 10.3 Å². The standard InChI is InChI=1S/C26H32N4O3/c1-7-30(25(31)26(3,4)5)21-15-13-20(14-16-21)18-32-27-17-23-19(2)28-29(6)24(23)33-22-11-9-8-10-12-22/h8-17H,7,18H2,1-6H3. The minimum atomic E-state index is -0.431. The number of nitrogens with zero attached hydrogens (tertiary/aromatic N) is 4. The normalized spacial score (nSPS) is 11.6. The van der Waals surface area contributed by atoms with Crippen molar-refractivity contribution in [2.45, 2.75) is 41.2 Å². The molecule has 0 aliphatic rings. The van der Waals surface area contributed by atoms with Crippen LogP contribution in [0.3, 0.4) is 0 Å². The van der Waals surface area contributed by atoms with E-state index in [9.17, 15) is 4.79 Å². The molecule has 0 fully saturated rings. The lowest BCUT2D eigenvalue weighted by molar-refractivity contribution is -0.125. The van der Waals surface area contributed by atoms with Gasteiger partial charge in [-0.15, -0.1) is 0 Å². The summed E-state index contributed by atoms with van der Waals surface area (Å²) in [5, 5.41) is 8.55. The van der Waals surface area contributed by atoms with Gasteiger partial charge >= 0.3 is 0 Å². The van der Waals surface area contributed by atoms with Crippen molar-refractivity contribution in [3.8, 4) is 11.6 Å². The first kappa shape index (κ1) is 24.0. The minimum absolute atomic E-state index is 0.0963. The fraction of sp³-hybridized carbons (Fsp3) is 0.346. The Morgan fingerprint density at radius 1 is 1.12 bits per heavy atom. The summed E-state index contributed by atoms with van der Waals surface area (Å²) in [4.78, 5) is 20.0. The molecular weight excluding hydrogens is 416 g/mol. The third kappa shape index (κ3) is 6.00. The molecular formula is C26H32N4O3. The van der Waals surface area contributed by atoms with Crippen LogP contribution in [0.25, 0.3) is 0 Å². The number of anilines is 1. The molecule has 0 unspecified atom stereocenters. The molecule has 174 valence electrons. The number of amides is 1. The molecule has 7 heteroatoms. The predicted octanol–water partition coefficient (Wildman–Crippen LogP) is 5.47. The Morgan fingerprint density at radius 3 is 2.39 bits per heavy atom. The zero-order valence-electron chi connectivity index (χ0n) is 20.2. The molecule has 0 spiro atoms. The molecule has 0 radical (unpaired) electrons. The van der Waals surface area contributed by atoms with E-state index in [-0.39, 0.29) is 5.91 Å². The summed E-state index contributed by atoms with van der Waals surface area (Å²) >= 11 is 0. The molecule has 0 atom stereocenters. The second kappa shape index (κ2) is 10.3. The fourth-order valence-electron chi connectivity index (χ4n) is 3.35. The Morgan fingerprint density at radius 2 is 1.79 bits per heavy atom. The van der Waals surface area contributed by atoms with Crippen LogP contribution in [0.1, 0.15) is 44.5 Å². The van der Waals surface area contributed by atoms with Crippen LogP contribution in [0.15, 0.2) is 59.8 Å². The number of oxime groups is 1. The maximum atomic E-state index is 12.7. The van der Waals surface area contributed by atoms with Crippen molar-refractivity contribution in [3.05, 3.63) is 71.4 Å². The Kier molecular flexibility index (Phi) is 7.53. The van der Waals surface area contributed by atoms with Crippen molar-refractivity contribution >= 4 is 17.8 Å². The Bertz CT molecular complexity index is 1100. The number of aryl methyl sites for hydroxylation is 2. The van der Waals surface area contributed by atoms with Crippen LogP contribution in [-0.2, 0) is 23.3 Å². The van der Waals surface area contributed by atoms with E-state index in [4.69, 9.17) is 9.57 Å². The molecule has 1 aromatic heterocycles. The zero-order valence-corrected chi connectivity index (χ0v) is 20.2. The van der Waals surface area contributed by atoms with Gasteiger partial charge in [-0.2, -0.15) is 5.10 Å². The summed E-state index contributed by atoms with van der Waals surface area (Å²) in [7, 11) is 1.83.